The summed E-state index contributed by atoms with van der Waals surface area (Å²) in [5.74, 6) is 3.85. The number of hydrogen-bond donors (Lipinski definition) is 2. The summed E-state index contributed by atoms with van der Waals surface area (Å²) >= 11 is 0. The number of carbonyl (C=O) groups is 1. The normalized spacial score (nSPS) is 13.0. The molecule has 0 aliphatic rings. The first-order chi connectivity index (χ1) is 3.18. The molecule has 0 saturated carbocycles. The maximum atomic E-state index is 10.0. The summed E-state index contributed by atoms with van der Waals surface area (Å²) in [5.41, 5.74) is 4.99. The average Bonchev–Trinajstić information content (AvgIpc) is 1.65. The van der Waals surface area contributed by atoms with Crippen molar-refractivity contribution in [1.29, 1.82) is 0 Å². The van der Waals surface area contributed by atoms with Gasteiger partial charge in [-0.05, 0) is 6.92 Å². The van der Waals surface area contributed by atoms with Crippen molar-refractivity contribution in [2.75, 3.05) is 0 Å². The van der Waals surface area contributed by atoms with Gasteiger partial charge in [-0.15, -0.1) is 0 Å². The Morgan fingerprint density at radius 2 is 2.29 bits per heavy atom. The highest BCUT2D eigenvalue weighted by Crippen LogP contribution is 1.74. The Morgan fingerprint density at radius 1 is 1.86 bits per heavy atom. The molecule has 4 nitrogen and oxygen atoms in total. The number of hydrogen-bond acceptors (Lipinski definition) is 4. The maximum absolute atomic E-state index is 10.0. The van der Waals surface area contributed by atoms with Crippen LogP contribution in [0.2, 0.25) is 0 Å². The zero-order valence-corrected chi connectivity index (χ0v) is 4.05. The molecule has 0 aliphatic heterocycles. The van der Waals surface area contributed by atoms with Crippen molar-refractivity contribution in [3.05, 3.63) is 0 Å². The van der Waals surface area contributed by atoms with E-state index >= 15 is 0 Å². The van der Waals surface area contributed by atoms with Gasteiger partial charge in [0.1, 0.15) is 6.04 Å². The second-order valence-corrected chi connectivity index (χ2v) is 1.23. The molecular weight excluding hydrogens is 96.0 g/mol. The summed E-state index contributed by atoms with van der Waals surface area (Å²) in [4.78, 5) is 13.8. The highest BCUT2D eigenvalue weighted by atomic mass is 16.7. The molecule has 0 bridgehead atoms. The maximum Gasteiger partial charge on any atom is 0.341 e. The van der Waals surface area contributed by atoms with Crippen LogP contribution in [0.3, 0.4) is 0 Å². The summed E-state index contributed by atoms with van der Waals surface area (Å²) in [6.07, 6.45) is 0. The van der Waals surface area contributed by atoms with Crippen LogP contribution in [0.25, 0.3) is 0 Å². The van der Waals surface area contributed by atoms with Crippen molar-refractivity contribution >= 4 is 5.97 Å². The third-order valence-electron chi connectivity index (χ3n) is 0.488. The molecule has 0 aromatic heterocycles. The second-order valence-electron chi connectivity index (χ2n) is 1.23. The van der Waals surface area contributed by atoms with E-state index in [1.165, 1.54) is 6.92 Å². The van der Waals surface area contributed by atoms with Gasteiger partial charge in [0.15, 0.2) is 0 Å². The van der Waals surface area contributed by atoms with Crippen LogP contribution in [0.5, 0.6) is 0 Å². The van der Waals surface area contributed by atoms with E-state index in [1.807, 2.05) is 0 Å². The lowest BCUT2D eigenvalue weighted by Gasteiger charge is -1.97. The van der Waals surface area contributed by atoms with Crippen LogP contribution >= 0.6 is 0 Å². The first kappa shape index (κ1) is 6.39. The third kappa shape index (κ3) is 2.13. The minimum Gasteiger partial charge on any atom is -0.372 e. The van der Waals surface area contributed by atoms with E-state index in [9.17, 15) is 4.79 Å². The summed E-state index contributed by atoms with van der Waals surface area (Å²) < 4.78 is 0. The molecule has 0 amide bonds. The summed E-state index contributed by atoms with van der Waals surface area (Å²) in [6.45, 7) is 1.50. The zero-order valence-electron chi connectivity index (χ0n) is 4.05. The van der Waals surface area contributed by atoms with Gasteiger partial charge in [-0.25, -0.2) is 4.79 Å². The molecule has 0 radical (unpaired) electrons. The fourth-order valence-electron chi connectivity index (χ4n) is 0.107. The van der Waals surface area contributed by atoms with E-state index in [0.717, 1.165) is 0 Å². The Labute approximate surface area is 41.4 Å². The van der Waals surface area contributed by atoms with Gasteiger partial charge in [0, 0.05) is 0 Å². The van der Waals surface area contributed by atoms with Crippen LogP contribution < -0.4 is 11.6 Å². The minimum absolute atomic E-state index is 0.597. The molecule has 0 aliphatic carbocycles. The molecule has 0 saturated heterocycles. The highest BCUT2D eigenvalue weighted by molar-refractivity contribution is 5.74. The van der Waals surface area contributed by atoms with E-state index in [0.29, 0.717) is 0 Å². The second kappa shape index (κ2) is 2.54. The van der Waals surface area contributed by atoms with Gasteiger partial charge < -0.3 is 10.6 Å². The van der Waals surface area contributed by atoms with Gasteiger partial charge in [0.25, 0.3) is 0 Å². The quantitative estimate of drug-likeness (QED) is 0.407. The van der Waals surface area contributed by atoms with Gasteiger partial charge in [-0.1, -0.05) is 0 Å². The number of rotatable bonds is 1. The Morgan fingerprint density at radius 3 is 2.29 bits per heavy atom. The number of carbonyl (C=O) groups excluding carboxylic acids is 1. The lowest BCUT2D eigenvalue weighted by atomic mass is 10.4. The average molecular weight is 104 g/mol. The number of nitrogens with two attached hydrogens (primary N) is 2. The van der Waals surface area contributed by atoms with Gasteiger partial charge in [-0.2, -0.15) is 5.90 Å². The molecule has 0 heterocycles. The molecule has 0 aromatic rings. The van der Waals surface area contributed by atoms with Crippen LogP contribution in [0, 0.1) is 0 Å². The fourth-order valence-corrected chi connectivity index (χ4v) is 0.107. The predicted molar refractivity (Wildman–Crippen MR) is 23.9 cm³/mol. The predicted octanol–water partition coefficient (Wildman–Crippen LogP) is -1.25. The molecule has 0 rings (SSSR count). The van der Waals surface area contributed by atoms with Crippen LogP contribution in [-0.4, -0.2) is 12.0 Å². The van der Waals surface area contributed by atoms with Crippen molar-refractivity contribution in [2.45, 2.75) is 13.0 Å². The Balaban J connectivity index is 3.35. The van der Waals surface area contributed by atoms with Gasteiger partial charge in [0.2, 0.25) is 0 Å². The monoisotopic (exact) mass is 104 g/mol. The minimum atomic E-state index is -0.620. The lowest BCUT2D eigenvalue weighted by Crippen LogP contribution is -2.30. The van der Waals surface area contributed by atoms with Crippen molar-refractivity contribution in [2.24, 2.45) is 11.6 Å². The molecule has 0 fully saturated rings. The van der Waals surface area contributed by atoms with E-state index in [4.69, 9.17) is 5.73 Å². The first-order valence-electron chi connectivity index (χ1n) is 1.84. The fraction of sp³-hybridized carbons (Fsp3) is 0.667. The van der Waals surface area contributed by atoms with E-state index in [2.05, 4.69) is 10.7 Å². The van der Waals surface area contributed by atoms with Gasteiger partial charge in [0.05, 0.1) is 0 Å². The first-order valence-corrected chi connectivity index (χ1v) is 1.84. The molecule has 0 unspecified atom stereocenters. The Bertz CT molecular complexity index is 71.3. The molecule has 7 heavy (non-hydrogen) atoms. The SMILES string of the molecule is C[C@@H](N)C(=O)ON. The lowest BCUT2D eigenvalue weighted by molar-refractivity contribution is -0.145. The van der Waals surface area contributed by atoms with Gasteiger partial charge >= 0.3 is 5.97 Å². The smallest absolute Gasteiger partial charge is 0.341 e. The van der Waals surface area contributed by atoms with Crippen molar-refractivity contribution in [1.82, 2.24) is 0 Å². The molecule has 0 spiro atoms. The van der Waals surface area contributed by atoms with E-state index in [-0.39, 0.29) is 0 Å². The van der Waals surface area contributed by atoms with Crippen LogP contribution in [0.15, 0.2) is 0 Å². The van der Waals surface area contributed by atoms with E-state index in [1.54, 1.807) is 0 Å². The molecule has 1 atom stereocenters. The Kier molecular flexibility index (Phi) is 2.32. The molecule has 4 heteroatoms. The van der Waals surface area contributed by atoms with Crippen LogP contribution in [0.4, 0.5) is 0 Å². The van der Waals surface area contributed by atoms with Crippen LogP contribution in [0.1, 0.15) is 6.92 Å². The Hall–Kier alpha value is -0.610. The standard InChI is InChI=1S/C3H8N2O2/c1-2(4)3(6)7-5/h2H,4-5H2,1H3/t2-/m1/s1. The zero-order chi connectivity index (χ0) is 5.86. The van der Waals surface area contributed by atoms with Crippen molar-refractivity contribution in [3.8, 4) is 0 Å². The van der Waals surface area contributed by atoms with Crippen LogP contribution in [-0.2, 0) is 9.63 Å². The third-order valence-corrected chi connectivity index (χ3v) is 0.488. The van der Waals surface area contributed by atoms with Gasteiger partial charge in [-0.3, -0.25) is 0 Å². The molecule has 4 N–H and O–H groups in total. The molecule has 42 valence electrons. The topological polar surface area (TPSA) is 78.3 Å². The van der Waals surface area contributed by atoms with Crippen molar-refractivity contribution < 1.29 is 9.63 Å². The highest BCUT2D eigenvalue weighted by Gasteiger charge is 2.04. The summed E-state index contributed by atoms with van der Waals surface area (Å²) in [5, 5.41) is 0. The van der Waals surface area contributed by atoms with E-state index < -0.39 is 12.0 Å². The summed E-state index contributed by atoms with van der Waals surface area (Å²) in [7, 11) is 0. The summed E-state index contributed by atoms with van der Waals surface area (Å²) in [6, 6.07) is -0.620. The van der Waals surface area contributed by atoms with Crippen molar-refractivity contribution in [3.63, 3.8) is 0 Å². The largest absolute Gasteiger partial charge is 0.372 e. The molecular formula is C3H8N2O2. The molecule has 0 aromatic carbocycles.